The lowest BCUT2D eigenvalue weighted by Crippen LogP contribution is -2.49. The van der Waals surface area contributed by atoms with Gasteiger partial charge in [-0.05, 0) is 24.3 Å². The molecule has 1 aliphatic heterocycles. The lowest BCUT2D eigenvalue weighted by Gasteiger charge is -2.36. The summed E-state index contributed by atoms with van der Waals surface area (Å²) in [5, 5.41) is 2.50. The summed E-state index contributed by atoms with van der Waals surface area (Å²) in [6.07, 6.45) is 0.119. The standard InChI is InChI=1S/C21H23F2N3O3/c1-29-17-4-2-3-16(14-17)25-9-11-26(12-10-25)20(27)7-8-24-21(28)18-6-5-15(22)13-19(18)23/h2-6,13-14H,7-12H2,1H3,(H,24,28). The van der Waals surface area contributed by atoms with Gasteiger partial charge in [-0.15, -0.1) is 0 Å². The fourth-order valence-corrected chi connectivity index (χ4v) is 3.23. The Labute approximate surface area is 168 Å². The Bertz CT molecular complexity index is 883. The molecule has 0 aromatic heterocycles. The van der Waals surface area contributed by atoms with E-state index in [2.05, 4.69) is 10.2 Å². The second-order valence-electron chi connectivity index (χ2n) is 6.70. The molecule has 154 valence electrons. The maximum absolute atomic E-state index is 13.6. The molecule has 1 saturated heterocycles. The molecule has 0 unspecified atom stereocenters. The van der Waals surface area contributed by atoms with Gasteiger partial charge in [-0.3, -0.25) is 9.59 Å². The van der Waals surface area contributed by atoms with Crippen LogP contribution in [0.25, 0.3) is 0 Å². The van der Waals surface area contributed by atoms with Crippen molar-refractivity contribution in [3.05, 3.63) is 59.7 Å². The van der Waals surface area contributed by atoms with Gasteiger partial charge in [-0.1, -0.05) is 6.07 Å². The van der Waals surface area contributed by atoms with Crippen molar-refractivity contribution in [2.75, 3.05) is 44.7 Å². The Balaban J connectivity index is 1.44. The first-order chi connectivity index (χ1) is 14.0. The Kier molecular flexibility index (Phi) is 6.64. The predicted octanol–water partition coefficient (Wildman–Crippen LogP) is 2.44. The van der Waals surface area contributed by atoms with Crippen LogP contribution in [0.4, 0.5) is 14.5 Å². The van der Waals surface area contributed by atoms with Crippen LogP contribution in [-0.4, -0.2) is 56.5 Å². The van der Waals surface area contributed by atoms with Gasteiger partial charge in [-0.25, -0.2) is 8.78 Å². The molecule has 1 heterocycles. The molecule has 29 heavy (non-hydrogen) atoms. The third-order valence-electron chi connectivity index (χ3n) is 4.85. The highest BCUT2D eigenvalue weighted by Gasteiger charge is 2.21. The van der Waals surface area contributed by atoms with E-state index < -0.39 is 17.5 Å². The highest BCUT2D eigenvalue weighted by molar-refractivity contribution is 5.94. The average molecular weight is 403 g/mol. The number of rotatable bonds is 6. The number of piperazine rings is 1. The van der Waals surface area contributed by atoms with Gasteiger partial charge in [0.15, 0.2) is 0 Å². The first-order valence-corrected chi connectivity index (χ1v) is 9.38. The first kappa shape index (κ1) is 20.6. The van der Waals surface area contributed by atoms with Crippen molar-refractivity contribution >= 4 is 17.5 Å². The van der Waals surface area contributed by atoms with Crippen LogP contribution < -0.4 is 15.0 Å². The molecule has 6 nitrogen and oxygen atoms in total. The normalized spacial score (nSPS) is 13.9. The van der Waals surface area contributed by atoms with E-state index in [1.807, 2.05) is 24.3 Å². The maximum atomic E-state index is 13.6. The molecule has 0 radical (unpaired) electrons. The molecule has 0 bridgehead atoms. The SMILES string of the molecule is COc1cccc(N2CCN(C(=O)CCNC(=O)c3ccc(F)cc3F)CC2)c1. The number of nitrogens with zero attached hydrogens (tertiary/aromatic N) is 2. The molecule has 2 amide bonds. The Morgan fingerprint density at radius 1 is 1.07 bits per heavy atom. The number of nitrogens with one attached hydrogen (secondary N) is 1. The summed E-state index contributed by atoms with van der Waals surface area (Å²) >= 11 is 0. The largest absolute Gasteiger partial charge is 0.497 e. The number of anilines is 1. The number of amides is 2. The number of hydrogen-bond donors (Lipinski definition) is 1. The monoisotopic (exact) mass is 403 g/mol. The highest BCUT2D eigenvalue weighted by Crippen LogP contribution is 2.22. The first-order valence-electron chi connectivity index (χ1n) is 9.38. The summed E-state index contributed by atoms with van der Waals surface area (Å²) in [7, 11) is 1.62. The van der Waals surface area contributed by atoms with Crippen molar-refractivity contribution in [3.8, 4) is 5.75 Å². The van der Waals surface area contributed by atoms with Gasteiger partial charge in [0.05, 0.1) is 12.7 Å². The summed E-state index contributed by atoms with van der Waals surface area (Å²) < 4.78 is 31.8. The van der Waals surface area contributed by atoms with Gasteiger partial charge in [0.25, 0.3) is 5.91 Å². The Morgan fingerprint density at radius 2 is 1.83 bits per heavy atom. The smallest absolute Gasteiger partial charge is 0.254 e. The zero-order valence-electron chi connectivity index (χ0n) is 16.2. The van der Waals surface area contributed by atoms with E-state index in [1.165, 1.54) is 0 Å². The van der Waals surface area contributed by atoms with Crippen molar-refractivity contribution < 1.29 is 23.1 Å². The van der Waals surface area contributed by atoms with Crippen molar-refractivity contribution in [2.45, 2.75) is 6.42 Å². The van der Waals surface area contributed by atoms with Gasteiger partial charge < -0.3 is 19.9 Å². The topological polar surface area (TPSA) is 61.9 Å². The number of halogens is 2. The summed E-state index contributed by atoms with van der Waals surface area (Å²) in [6, 6.07) is 10.5. The third-order valence-corrected chi connectivity index (χ3v) is 4.85. The van der Waals surface area contributed by atoms with E-state index in [0.717, 1.165) is 23.6 Å². The molecular weight excluding hydrogens is 380 g/mol. The zero-order valence-corrected chi connectivity index (χ0v) is 16.2. The molecule has 0 aliphatic carbocycles. The summed E-state index contributed by atoms with van der Waals surface area (Å²) in [5.41, 5.74) is 0.802. The minimum Gasteiger partial charge on any atom is -0.497 e. The minimum absolute atomic E-state index is 0.0739. The lowest BCUT2D eigenvalue weighted by molar-refractivity contribution is -0.131. The van der Waals surface area contributed by atoms with Crippen LogP contribution in [0.5, 0.6) is 5.75 Å². The van der Waals surface area contributed by atoms with Crippen LogP contribution in [0.3, 0.4) is 0 Å². The molecule has 0 atom stereocenters. The van der Waals surface area contributed by atoms with Crippen molar-refractivity contribution in [1.82, 2.24) is 10.2 Å². The Hall–Kier alpha value is -3.16. The molecule has 2 aromatic carbocycles. The summed E-state index contributed by atoms with van der Waals surface area (Å²) in [5.74, 6) is -1.63. The number of ether oxygens (including phenoxy) is 1. The summed E-state index contributed by atoms with van der Waals surface area (Å²) in [4.78, 5) is 28.3. The van der Waals surface area contributed by atoms with Crippen LogP contribution in [0.1, 0.15) is 16.8 Å². The maximum Gasteiger partial charge on any atom is 0.254 e. The molecular formula is C21H23F2N3O3. The quantitative estimate of drug-likeness (QED) is 0.805. The number of benzene rings is 2. The molecule has 8 heteroatoms. The molecule has 0 spiro atoms. The van der Waals surface area contributed by atoms with Gasteiger partial charge >= 0.3 is 0 Å². The molecule has 2 aromatic rings. The van der Waals surface area contributed by atoms with E-state index >= 15 is 0 Å². The molecule has 1 aliphatic rings. The number of hydrogen-bond acceptors (Lipinski definition) is 4. The van der Waals surface area contributed by atoms with Crippen molar-refractivity contribution in [1.29, 1.82) is 0 Å². The van der Waals surface area contributed by atoms with E-state index in [9.17, 15) is 18.4 Å². The fourth-order valence-electron chi connectivity index (χ4n) is 3.23. The van der Waals surface area contributed by atoms with Gasteiger partial charge in [0.2, 0.25) is 5.91 Å². The molecule has 1 fully saturated rings. The third kappa shape index (κ3) is 5.22. The van der Waals surface area contributed by atoms with Crippen LogP contribution >= 0.6 is 0 Å². The van der Waals surface area contributed by atoms with E-state index in [4.69, 9.17) is 4.74 Å². The average Bonchev–Trinajstić information content (AvgIpc) is 2.73. The molecule has 3 rings (SSSR count). The van der Waals surface area contributed by atoms with Crippen LogP contribution in [0.15, 0.2) is 42.5 Å². The van der Waals surface area contributed by atoms with Crippen molar-refractivity contribution in [3.63, 3.8) is 0 Å². The Morgan fingerprint density at radius 3 is 2.52 bits per heavy atom. The van der Waals surface area contributed by atoms with Crippen LogP contribution in [0, 0.1) is 11.6 Å². The number of methoxy groups -OCH3 is 1. The van der Waals surface area contributed by atoms with Gasteiger partial charge in [0.1, 0.15) is 17.4 Å². The van der Waals surface area contributed by atoms with Crippen LogP contribution in [0.2, 0.25) is 0 Å². The fraction of sp³-hybridized carbons (Fsp3) is 0.333. The predicted molar refractivity (Wildman–Crippen MR) is 105 cm³/mol. The second kappa shape index (κ2) is 9.36. The van der Waals surface area contributed by atoms with Gasteiger partial charge in [-0.2, -0.15) is 0 Å². The van der Waals surface area contributed by atoms with Crippen molar-refractivity contribution in [2.24, 2.45) is 0 Å². The van der Waals surface area contributed by atoms with E-state index in [1.54, 1.807) is 12.0 Å². The summed E-state index contributed by atoms with van der Waals surface area (Å²) in [6.45, 7) is 2.65. The van der Waals surface area contributed by atoms with E-state index in [0.29, 0.717) is 32.2 Å². The lowest BCUT2D eigenvalue weighted by atomic mass is 10.2. The highest BCUT2D eigenvalue weighted by atomic mass is 19.1. The molecule has 0 saturated carbocycles. The molecule has 1 N–H and O–H groups in total. The second-order valence-corrected chi connectivity index (χ2v) is 6.70. The van der Waals surface area contributed by atoms with Gasteiger partial charge in [0, 0.05) is 57.0 Å². The number of carbonyl (C=O) groups excluding carboxylic acids is 2. The van der Waals surface area contributed by atoms with E-state index in [-0.39, 0.29) is 24.4 Å². The minimum atomic E-state index is -0.928. The number of carbonyl (C=O) groups is 2. The zero-order chi connectivity index (χ0) is 20.8. The van der Waals surface area contributed by atoms with Crippen LogP contribution in [-0.2, 0) is 4.79 Å².